The third kappa shape index (κ3) is 46.2. The fourth-order valence-corrected chi connectivity index (χ4v) is 0.315. The maximum absolute atomic E-state index is 9.77. The van der Waals surface area contributed by atoms with Gasteiger partial charge in [0.15, 0.2) is 0 Å². The van der Waals surface area contributed by atoms with E-state index in [0.29, 0.717) is 6.54 Å². The van der Waals surface area contributed by atoms with E-state index in [1.165, 1.54) is 0 Å². The van der Waals surface area contributed by atoms with Crippen molar-refractivity contribution in [2.24, 2.45) is 0 Å². The fourth-order valence-electron chi connectivity index (χ4n) is 0.315. The summed E-state index contributed by atoms with van der Waals surface area (Å²) in [7, 11) is 5.64. The molecule has 0 heterocycles. The summed E-state index contributed by atoms with van der Waals surface area (Å²) >= 11 is 0. The van der Waals surface area contributed by atoms with Crippen LogP contribution in [0.4, 0.5) is 0 Å². The molecule has 0 fully saturated rings. The van der Waals surface area contributed by atoms with Gasteiger partial charge in [0.25, 0.3) is 0 Å². The van der Waals surface area contributed by atoms with Crippen molar-refractivity contribution in [3.63, 3.8) is 0 Å². The summed E-state index contributed by atoms with van der Waals surface area (Å²) in [6, 6.07) is 0. The van der Waals surface area contributed by atoms with Crippen molar-refractivity contribution in [2.75, 3.05) is 34.9 Å². The number of carbonyl (C=O) groups is 1. The van der Waals surface area contributed by atoms with Crippen LogP contribution in [0.2, 0.25) is 0 Å². The molecule has 0 spiro atoms. The molecule has 0 bridgehead atoms. The van der Waals surface area contributed by atoms with Crippen LogP contribution in [0.25, 0.3) is 0 Å². The SMILES string of the molecule is CN(C)CCC(=O)[O-].CO.CO.[Na+]. The smallest absolute Gasteiger partial charge is 0.550 e. The van der Waals surface area contributed by atoms with Gasteiger partial charge in [-0.3, -0.25) is 0 Å². The quantitative estimate of drug-likeness (QED) is 0.448. The molecule has 0 aliphatic rings. The minimum atomic E-state index is -0.987. The second-order valence-corrected chi connectivity index (χ2v) is 1.93. The number of rotatable bonds is 3. The number of aliphatic hydroxyl groups is 2. The first-order valence-electron chi connectivity index (χ1n) is 3.37. The van der Waals surface area contributed by atoms with Gasteiger partial charge in [0.2, 0.25) is 0 Å². The standard InChI is InChI=1S/C5H11NO2.2CH4O.Na/c1-6(2)4-3-5(7)8;2*1-2;/h3-4H2,1-2H3,(H,7,8);2*2H,1H3;/q;;;+1/p-1. The number of hydrogen-bond donors (Lipinski definition) is 2. The average Bonchev–Trinajstić information content (AvgIpc) is 2.08. The maximum Gasteiger partial charge on any atom is 1.00 e. The van der Waals surface area contributed by atoms with Crippen LogP contribution >= 0.6 is 0 Å². The van der Waals surface area contributed by atoms with Gasteiger partial charge in [-0.1, -0.05) is 0 Å². The van der Waals surface area contributed by atoms with E-state index in [0.717, 1.165) is 14.2 Å². The largest absolute Gasteiger partial charge is 1.00 e. The summed E-state index contributed by atoms with van der Waals surface area (Å²) in [5.41, 5.74) is 0. The Morgan fingerprint density at radius 2 is 1.54 bits per heavy atom. The van der Waals surface area contributed by atoms with E-state index in [9.17, 15) is 9.90 Å². The first-order valence-corrected chi connectivity index (χ1v) is 3.37. The van der Waals surface area contributed by atoms with Crippen molar-refractivity contribution in [3.8, 4) is 0 Å². The van der Waals surface area contributed by atoms with Crippen LogP contribution in [-0.2, 0) is 4.79 Å². The molecule has 0 aromatic carbocycles. The molecule has 0 saturated carbocycles. The van der Waals surface area contributed by atoms with Gasteiger partial charge >= 0.3 is 29.6 Å². The summed E-state index contributed by atoms with van der Waals surface area (Å²) in [5.74, 6) is -0.987. The van der Waals surface area contributed by atoms with Gasteiger partial charge in [-0.2, -0.15) is 0 Å². The number of carboxylic acids is 1. The summed E-state index contributed by atoms with van der Waals surface area (Å²) in [4.78, 5) is 11.6. The van der Waals surface area contributed by atoms with Crippen LogP contribution < -0.4 is 34.7 Å². The van der Waals surface area contributed by atoms with Gasteiger partial charge in [-0.25, -0.2) is 0 Å². The molecule has 13 heavy (non-hydrogen) atoms. The molecule has 0 radical (unpaired) electrons. The monoisotopic (exact) mass is 203 g/mol. The van der Waals surface area contributed by atoms with E-state index in [2.05, 4.69) is 0 Å². The zero-order valence-electron chi connectivity index (χ0n) is 9.07. The zero-order valence-corrected chi connectivity index (χ0v) is 11.1. The van der Waals surface area contributed by atoms with Crippen LogP contribution in [0, 0.1) is 0 Å². The molecule has 0 rings (SSSR count). The molecule has 0 aromatic rings. The molecule has 6 heteroatoms. The van der Waals surface area contributed by atoms with Crippen LogP contribution in [0.3, 0.4) is 0 Å². The molecule has 0 aliphatic carbocycles. The molecule has 2 N–H and O–H groups in total. The molecular formula is C7H18NNaO4. The van der Waals surface area contributed by atoms with Crippen LogP contribution in [0.5, 0.6) is 0 Å². The van der Waals surface area contributed by atoms with Gasteiger partial charge in [-0.15, -0.1) is 0 Å². The third-order valence-electron chi connectivity index (χ3n) is 0.763. The van der Waals surface area contributed by atoms with E-state index in [-0.39, 0.29) is 36.0 Å². The Labute approximate surface area is 102 Å². The van der Waals surface area contributed by atoms with E-state index >= 15 is 0 Å². The topological polar surface area (TPSA) is 83.8 Å². The minimum absolute atomic E-state index is 0. The van der Waals surface area contributed by atoms with E-state index in [1.807, 2.05) is 14.1 Å². The van der Waals surface area contributed by atoms with Crippen LogP contribution in [0.15, 0.2) is 0 Å². The minimum Gasteiger partial charge on any atom is -0.550 e. The third-order valence-corrected chi connectivity index (χ3v) is 0.763. The van der Waals surface area contributed by atoms with Crippen molar-refractivity contribution < 1.29 is 49.7 Å². The molecule has 0 amide bonds. The number of carbonyl (C=O) groups excluding carboxylic acids is 1. The Kier molecular flexibility index (Phi) is 40.9. The second-order valence-electron chi connectivity index (χ2n) is 1.93. The first-order chi connectivity index (χ1) is 5.63. The predicted octanol–water partition coefficient (Wildman–Crippen LogP) is -5.09. The number of nitrogens with zero attached hydrogens (tertiary/aromatic N) is 1. The van der Waals surface area contributed by atoms with E-state index < -0.39 is 5.97 Å². The molecule has 0 aromatic heterocycles. The molecule has 0 unspecified atom stereocenters. The molecule has 76 valence electrons. The van der Waals surface area contributed by atoms with Crippen molar-refractivity contribution in [1.82, 2.24) is 4.90 Å². The first kappa shape index (κ1) is 23.3. The Bertz CT molecular complexity index is 90.6. The maximum atomic E-state index is 9.77. The summed E-state index contributed by atoms with van der Waals surface area (Å²) in [6.07, 6.45) is 0.118. The molecular weight excluding hydrogens is 185 g/mol. The number of aliphatic hydroxyl groups excluding tert-OH is 2. The number of carboxylic acid groups (broad SMARTS) is 1. The van der Waals surface area contributed by atoms with Crippen molar-refractivity contribution in [2.45, 2.75) is 6.42 Å². The molecule has 5 nitrogen and oxygen atoms in total. The molecule has 0 saturated heterocycles. The summed E-state index contributed by atoms with van der Waals surface area (Å²) in [6.45, 7) is 0.558. The van der Waals surface area contributed by atoms with Gasteiger partial charge in [0, 0.05) is 26.7 Å². The zero-order chi connectivity index (χ0) is 10.6. The van der Waals surface area contributed by atoms with E-state index in [4.69, 9.17) is 10.2 Å². The number of hydrogen-bond acceptors (Lipinski definition) is 5. The predicted molar refractivity (Wildman–Crippen MR) is 44.5 cm³/mol. The Hall–Kier alpha value is 0.350. The van der Waals surface area contributed by atoms with Gasteiger partial charge in [0.05, 0.1) is 0 Å². The Morgan fingerprint density at radius 3 is 1.62 bits per heavy atom. The fraction of sp³-hybridized carbons (Fsp3) is 0.857. The van der Waals surface area contributed by atoms with E-state index in [1.54, 1.807) is 4.90 Å². The molecule has 0 aliphatic heterocycles. The number of aliphatic carboxylic acids is 1. The molecule has 0 atom stereocenters. The van der Waals surface area contributed by atoms with Gasteiger partial charge < -0.3 is 25.0 Å². The van der Waals surface area contributed by atoms with Gasteiger partial charge in [0.1, 0.15) is 0 Å². The summed E-state index contributed by atoms with van der Waals surface area (Å²) < 4.78 is 0. The average molecular weight is 203 g/mol. The van der Waals surface area contributed by atoms with Crippen LogP contribution in [0.1, 0.15) is 6.42 Å². The van der Waals surface area contributed by atoms with Crippen molar-refractivity contribution in [1.29, 1.82) is 0 Å². The summed E-state index contributed by atoms with van der Waals surface area (Å²) in [5, 5.41) is 23.8. The van der Waals surface area contributed by atoms with Crippen molar-refractivity contribution in [3.05, 3.63) is 0 Å². The van der Waals surface area contributed by atoms with Crippen molar-refractivity contribution >= 4 is 5.97 Å². The Balaban J connectivity index is -0.0000000712. The second kappa shape index (κ2) is 22.8. The normalized spacial score (nSPS) is 7.00. The van der Waals surface area contributed by atoms with Crippen LogP contribution in [-0.4, -0.2) is 55.9 Å². The Morgan fingerprint density at radius 1 is 1.23 bits per heavy atom. The van der Waals surface area contributed by atoms with Gasteiger partial charge in [-0.05, 0) is 20.5 Å².